The SMILES string of the molecule is NC(c1cc(Br)ccc1F)c1ncccc1Br. The van der Waals surface area contributed by atoms with Crippen LogP contribution >= 0.6 is 31.9 Å². The first-order valence-corrected chi connectivity index (χ1v) is 6.49. The molecule has 88 valence electrons. The van der Waals surface area contributed by atoms with Crippen molar-refractivity contribution in [3.63, 3.8) is 0 Å². The van der Waals surface area contributed by atoms with Gasteiger partial charge in [-0.25, -0.2) is 4.39 Å². The van der Waals surface area contributed by atoms with Gasteiger partial charge in [0.1, 0.15) is 5.82 Å². The van der Waals surface area contributed by atoms with Crippen molar-refractivity contribution in [3.05, 3.63) is 62.5 Å². The molecule has 1 unspecified atom stereocenters. The molecular weight excluding hydrogens is 351 g/mol. The second kappa shape index (κ2) is 5.25. The van der Waals surface area contributed by atoms with E-state index >= 15 is 0 Å². The second-order valence-electron chi connectivity index (χ2n) is 3.51. The van der Waals surface area contributed by atoms with E-state index in [1.807, 2.05) is 6.07 Å². The Balaban J connectivity index is 2.47. The van der Waals surface area contributed by atoms with E-state index in [4.69, 9.17) is 5.73 Å². The van der Waals surface area contributed by atoms with Gasteiger partial charge in [-0.2, -0.15) is 0 Å². The highest BCUT2D eigenvalue weighted by Gasteiger charge is 2.17. The number of hydrogen-bond donors (Lipinski definition) is 1. The van der Waals surface area contributed by atoms with Gasteiger partial charge in [-0.3, -0.25) is 4.98 Å². The Bertz CT molecular complexity index is 546. The van der Waals surface area contributed by atoms with Gasteiger partial charge in [0.2, 0.25) is 0 Å². The number of nitrogens with two attached hydrogens (primary N) is 1. The van der Waals surface area contributed by atoms with E-state index in [1.165, 1.54) is 6.07 Å². The van der Waals surface area contributed by atoms with Crippen molar-refractivity contribution in [2.24, 2.45) is 5.73 Å². The van der Waals surface area contributed by atoms with Crippen molar-refractivity contribution in [3.8, 4) is 0 Å². The largest absolute Gasteiger partial charge is 0.319 e. The van der Waals surface area contributed by atoms with Crippen LogP contribution in [0.5, 0.6) is 0 Å². The third-order valence-electron chi connectivity index (χ3n) is 2.37. The molecule has 0 fully saturated rings. The third kappa shape index (κ3) is 2.73. The molecule has 2 nitrogen and oxygen atoms in total. The van der Waals surface area contributed by atoms with Crippen LogP contribution in [0.25, 0.3) is 0 Å². The van der Waals surface area contributed by atoms with Crippen molar-refractivity contribution in [1.82, 2.24) is 4.98 Å². The minimum Gasteiger partial charge on any atom is -0.319 e. The number of halogens is 3. The van der Waals surface area contributed by atoms with Crippen molar-refractivity contribution in [1.29, 1.82) is 0 Å². The molecule has 1 heterocycles. The van der Waals surface area contributed by atoms with Gasteiger partial charge >= 0.3 is 0 Å². The van der Waals surface area contributed by atoms with Crippen molar-refractivity contribution in [2.45, 2.75) is 6.04 Å². The molecule has 0 saturated heterocycles. The predicted molar refractivity (Wildman–Crippen MR) is 72.1 cm³/mol. The summed E-state index contributed by atoms with van der Waals surface area (Å²) in [5.41, 5.74) is 7.06. The first-order chi connectivity index (χ1) is 8.09. The predicted octanol–water partition coefficient (Wildman–Crippen LogP) is 3.79. The van der Waals surface area contributed by atoms with Crippen LogP contribution < -0.4 is 5.73 Å². The minimum absolute atomic E-state index is 0.335. The van der Waals surface area contributed by atoms with E-state index in [2.05, 4.69) is 36.8 Å². The van der Waals surface area contributed by atoms with Gasteiger partial charge in [0, 0.05) is 20.7 Å². The maximum atomic E-state index is 13.7. The number of nitrogens with zero attached hydrogens (tertiary/aromatic N) is 1. The summed E-state index contributed by atoms with van der Waals surface area (Å²) < 4.78 is 15.3. The molecule has 0 aliphatic carbocycles. The Labute approximate surface area is 115 Å². The lowest BCUT2D eigenvalue weighted by atomic mass is 10.0. The Morgan fingerprint density at radius 2 is 2.00 bits per heavy atom. The van der Waals surface area contributed by atoms with Crippen LogP contribution in [0.3, 0.4) is 0 Å². The fourth-order valence-electron chi connectivity index (χ4n) is 1.53. The molecule has 1 aromatic heterocycles. The average molecular weight is 360 g/mol. The quantitative estimate of drug-likeness (QED) is 0.885. The average Bonchev–Trinajstić information content (AvgIpc) is 2.32. The molecule has 0 aliphatic heterocycles. The highest BCUT2D eigenvalue weighted by Crippen LogP contribution is 2.28. The molecule has 2 aromatic rings. The second-order valence-corrected chi connectivity index (χ2v) is 5.28. The molecule has 2 N–H and O–H groups in total. The van der Waals surface area contributed by atoms with Crippen molar-refractivity contribution < 1.29 is 4.39 Å². The Kier molecular flexibility index (Phi) is 3.91. The summed E-state index contributed by atoms with van der Waals surface area (Å²) in [6, 6.07) is 7.72. The van der Waals surface area contributed by atoms with Crippen LogP contribution in [0.1, 0.15) is 17.3 Å². The first kappa shape index (κ1) is 12.7. The van der Waals surface area contributed by atoms with E-state index in [-0.39, 0.29) is 5.82 Å². The van der Waals surface area contributed by atoms with Gasteiger partial charge in [-0.05, 0) is 46.3 Å². The summed E-state index contributed by atoms with van der Waals surface area (Å²) in [5, 5.41) is 0. The number of pyridine rings is 1. The summed E-state index contributed by atoms with van der Waals surface area (Å²) in [7, 11) is 0. The van der Waals surface area contributed by atoms with E-state index < -0.39 is 6.04 Å². The molecule has 17 heavy (non-hydrogen) atoms. The lowest BCUT2D eigenvalue weighted by Crippen LogP contribution is -2.15. The van der Waals surface area contributed by atoms with Crippen LogP contribution in [-0.4, -0.2) is 4.98 Å². The molecule has 0 bridgehead atoms. The minimum atomic E-state index is -0.594. The van der Waals surface area contributed by atoms with Crippen LogP contribution in [0.2, 0.25) is 0 Å². The van der Waals surface area contributed by atoms with Crippen LogP contribution in [0.4, 0.5) is 4.39 Å². The normalized spacial score (nSPS) is 12.5. The van der Waals surface area contributed by atoms with E-state index in [0.717, 1.165) is 8.95 Å². The summed E-state index contributed by atoms with van der Waals surface area (Å²) in [4.78, 5) is 4.17. The summed E-state index contributed by atoms with van der Waals surface area (Å²) in [5.74, 6) is -0.335. The molecule has 1 aromatic carbocycles. The molecule has 0 aliphatic rings. The number of hydrogen-bond acceptors (Lipinski definition) is 2. The first-order valence-electron chi connectivity index (χ1n) is 4.90. The molecule has 5 heteroatoms. The van der Waals surface area contributed by atoms with Crippen molar-refractivity contribution >= 4 is 31.9 Å². The fraction of sp³-hybridized carbons (Fsp3) is 0.0833. The van der Waals surface area contributed by atoms with Gasteiger partial charge in [-0.15, -0.1) is 0 Å². The lowest BCUT2D eigenvalue weighted by molar-refractivity contribution is 0.596. The zero-order valence-electron chi connectivity index (χ0n) is 8.70. The summed E-state index contributed by atoms with van der Waals surface area (Å²) >= 11 is 6.66. The Morgan fingerprint density at radius 1 is 1.24 bits per heavy atom. The summed E-state index contributed by atoms with van der Waals surface area (Å²) in [6.07, 6.45) is 1.63. The molecule has 0 amide bonds. The zero-order chi connectivity index (χ0) is 12.4. The Morgan fingerprint density at radius 3 is 2.71 bits per heavy atom. The standard InChI is InChI=1S/C12H9Br2FN2/c13-7-3-4-10(15)8(6-7)11(16)12-9(14)2-1-5-17-12/h1-6,11H,16H2. The third-order valence-corrected chi connectivity index (χ3v) is 3.54. The van der Waals surface area contributed by atoms with Crippen molar-refractivity contribution in [2.75, 3.05) is 0 Å². The molecule has 0 saturated carbocycles. The van der Waals surface area contributed by atoms with Crippen LogP contribution in [-0.2, 0) is 0 Å². The van der Waals surface area contributed by atoms with E-state index in [1.54, 1.807) is 24.4 Å². The van der Waals surface area contributed by atoms with Crippen LogP contribution in [0, 0.1) is 5.82 Å². The molecule has 1 atom stereocenters. The zero-order valence-corrected chi connectivity index (χ0v) is 11.9. The Hall–Kier alpha value is -0.780. The summed E-state index contributed by atoms with van der Waals surface area (Å²) in [6.45, 7) is 0. The van der Waals surface area contributed by atoms with Gasteiger partial charge in [-0.1, -0.05) is 15.9 Å². The fourth-order valence-corrected chi connectivity index (χ4v) is 2.41. The maximum absolute atomic E-state index is 13.7. The van der Waals surface area contributed by atoms with Gasteiger partial charge in [0.15, 0.2) is 0 Å². The molecular formula is C12H9Br2FN2. The van der Waals surface area contributed by atoms with Gasteiger partial charge in [0.05, 0.1) is 11.7 Å². The van der Waals surface area contributed by atoms with Crippen LogP contribution in [0.15, 0.2) is 45.5 Å². The van der Waals surface area contributed by atoms with E-state index in [0.29, 0.717) is 11.3 Å². The number of aromatic nitrogens is 1. The monoisotopic (exact) mass is 358 g/mol. The smallest absolute Gasteiger partial charge is 0.128 e. The number of benzene rings is 1. The van der Waals surface area contributed by atoms with Gasteiger partial charge in [0.25, 0.3) is 0 Å². The van der Waals surface area contributed by atoms with Gasteiger partial charge < -0.3 is 5.73 Å². The maximum Gasteiger partial charge on any atom is 0.128 e. The molecule has 0 radical (unpaired) electrons. The topological polar surface area (TPSA) is 38.9 Å². The molecule has 0 spiro atoms. The highest BCUT2D eigenvalue weighted by molar-refractivity contribution is 9.10. The lowest BCUT2D eigenvalue weighted by Gasteiger charge is -2.14. The number of rotatable bonds is 2. The molecule has 2 rings (SSSR count). The van der Waals surface area contributed by atoms with E-state index in [9.17, 15) is 4.39 Å². The highest BCUT2D eigenvalue weighted by atomic mass is 79.9.